The zero-order valence-electron chi connectivity index (χ0n) is 9.99. The summed E-state index contributed by atoms with van der Waals surface area (Å²) >= 11 is 0. The van der Waals surface area contributed by atoms with Gasteiger partial charge in [-0.05, 0) is 37.9 Å². The summed E-state index contributed by atoms with van der Waals surface area (Å²) in [7, 11) is 0. The average Bonchev–Trinajstić information content (AvgIpc) is 2.65. The van der Waals surface area contributed by atoms with Gasteiger partial charge in [-0.1, -0.05) is 13.8 Å². The molecule has 1 heterocycles. The molecule has 0 radical (unpaired) electrons. The van der Waals surface area contributed by atoms with Crippen molar-refractivity contribution in [2.24, 2.45) is 5.92 Å². The molecule has 4 heteroatoms. The van der Waals surface area contributed by atoms with Crippen LogP contribution in [0.2, 0.25) is 0 Å². The Morgan fingerprint density at radius 2 is 2.12 bits per heavy atom. The van der Waals surface area contributed by atoms with Gasteiger partial charge in [-0.2, -0.15) is 0 Å². The number of nitrogens with one attached hydrogen (secondary N) is 1. The summed E-state index contributed by atoms with van der Waals surface area (Å²) in [5, 5.41) is 12.0. The first kappa shape index (κ1) is 12.8. The van der Waals surface area contributed by atoms with E-state index in [0.717, 1.165) is 13.0 Å². The second-order valence-corrected chi connectivity index (χ2v) is 4.37. The van der Waals surface area contributed by atoms with Crippen molar-refractivity contribution in [2.75, 3.05) is 6.54 Å². The van der Waals surface area contributed by atoms with Crippen molar-refractivity contribution in [3.63, 3.8) is 0 Å². The smallest absolute Gasteiger partial charge is 0.371 e. The molecule has 1 aromatic rings. The molecule has 1 aromatic heterocycles. The number of furan rings is 1. The molecule has 1 rings (SSSR count). The molecule has 0 bridgehead atoms. The molecule has 90 valence electrons. The van der Waals surface area contributed by atoms with Crippen molar-refractivity contribution in [3.05, 3.63) is 23.7 Å². The normalized spacial score (nSPS) is 13.0. The molecule has 4 nitrogen and oxygen atoms in total. The summed E-state index contributed by atoms with van der Waals surface area (Å²) in [5.74, 6) is 0.292. The van der Waals surface area contributed by atoms with Gasteiger partial charge in [0, 0.05) is 0 Å². The van der Waals surface area contributed by atoms with E-state index >= 15 is 0 Å². The number of hydrogen-bond acceptors (Lipinski definition) is 3. The molecule has 0 saturated heterocycles. The Labute approximate surface area is 95.7 Å². The summed E-state index contributed by atoms with van der Waals surface area (Å²) in [5.41, 5.74) is 0. The molecular weight excluding hydrogens is 206 g/mol. The average molecular weight is 225 g/mol. The molecule has 0 saturated carbocycles. The van der Waals surface area contributed by atoms with Gasteiger partial charge in [0.1, 0.15) is 5.76 Å². The zero-order valence-corrected chi connectivity index (χ0v) is 9.99. The molecule has 0 aliphatic rings. The summed E-state index contributed by atoms with van der Waals surface area (Å²) in [6.07, 6.45) is 1.09. The number of carbonyl (C=O) groups is 1. The highest BCUT2D eigenvalue weighted by molar-refractivity contribution is 5.84. The monoisotopic (exact) mass is 225 g/mol. The molecule has 0 spiro atoms. The van der Waals surface area contributed by atoms with E-state index in [9.17, 15) is 4.79 Å². The van der Waals surface area contributed by atoms with Gasteiger partial charge < -0.3 is 14.8 Å². The molecule has 1 atom stereocenters. The molecule has 1 unspecified atom stereocenters. The molecule has 0 aromatic carbocycles. The Bertz CT molecular complexity index is 344. The Balaban J connectivity index is 2.46. The minimum absolute atomic E-state index is 0.00694. The van der Waals surface area contributed by atoms with Crippen LogP contribution in [0.1, 0.15) is 49.5 Å². The van der Waals surface area contributed by atoms with E-state index in [0.29, 0.717) is 11.7 Å². The van der Waals surface area contributed by atoms with Crippen molar-refractivity contribution < 1.29 is 14.3 Å². The SMILES string of the molecule is CC(C)CCNC(C)c1ccc(C(=O)O)o1. The maximum atomic E-state index is 10.6. The van der Waals surface area contributed by atoms with Gasteiger partial charge in [0.25, 0.3) is 0 Å². The van der Waals surface area contributed by atoms with Crippen LogP contribution in [0.15, 0.2) is 16.5 Å². The molecule has 0 amide bonds. The lowest BCUT2D eigenvalue weighted by molar-refractivity contribution is 0.0659. The number of hydrogen-bond donors (Lipinski definition) is 2. The van der Waals surface area contributed by atoms with E-state index in [1.165, 1.54) is 6.07 Å². The fourth-order valence-corrected chi connectivity index (χ4v) is 1.39. The predicted octanol–water partition coefficient (Wildman–Crippen LogP) is 2.67. The van der Waals surface area contributed by atoms with Crippen molar-refractivity contribution >= 4 is 5.97 Å². The van der Waals surface area contributed by atoms with E-state index in [4.69, 9.17) is 9.52 Å². The number of rotatable bonds is 6. The second-order valence-electron chi connectivity index (χ2n) is 4.37. The minimum atomic E-state index is -1.03. The van der Waals surface area contributed by atoms with Crippen molar-refractivity contribution in [1.82, 2.24) is 5.32 Å². The highest BCUT2D eigenvalue weighted by Gasteiger charge is 2.13. The molecular formula is C12H19NO3. The van der Waals surface area contributed by atoms with E-state index in [1.807, 2.05) is 6.92 Å². The van der Waals surface area contributed by atoms with Gasteiger partial charge >= 0.3 is 5.97 Å². The lowest BCUT2D eigenvalue weighted by Crippen LogP contribution is -2.20. The Morgan fingerprint density at radius 3 is 2.62 bits per heavy atom. The van der Waals surface area contributed by atoms with Gasteiger partial charge in [0.05, 0.1) is 6.04 Å². The fraction of sp³-hybridized carbons (Fsp3) is 0.583. The first-order valence-corrected chi connectivity index (χ1v) is 5.57. The van der Waals surface area contributed by atoms with Crippen LogP contribution in [0, 0.1) is 5.92 Å². The maximum Gasteiger partial charge on any atom is 0.371 e. The van der Waals surface area contributed by atoms with Gasteiger partial charge in [-0.25, -0.2) is 4.79 Å². The predicted molar refractivity (Wildman–Crippen MR) is 61.5 cm³/mol. The van der Waals surface area contributed by atoms with Crippen molar-refractivity contribution in [3.8, 4) is 0 Å². The summed E-state index contributed by atoms with van der Waals surface area (Å²) < 4.78 is 5.20. The van der Waals surface area contributed by atoms with E-state index in [1.54, 1.807) is 6.07 Å². The second kappa shape index (κ2) is 5.70. The van der Waals surface area contributed by atoms with Crippen LogP contribution in [-0.2, 0) is 0 Å². The number of aromatic carboxylic acids is 1. The summed E-state index contributed by atoms with van der Waals surface area (Å²) in [6, 6.07) is 3.24. The van der Waals surface area contributed by atoms with E-state index < -0.39 is 5.97 Å². The Kier molecular flexibility index (Phi) is 4.55. The van der Waals surface area contributed by atoms with Gasteiger partial charge in [-0.3, -0.25) is 0 Å². The van der Waals surface area contributed by atoms with Crippen LogP contribution < -0.4 is 5.32 Å². The molecule has 0 fully saturated rings. The van der Waals surface area contributed by atoms with Crippen LogP contribution in [0.5, 0.6) is 0 Å². The summed E-state index contributed by atoms with van der Waals surface area (Å²) in [4.78, 5) is 10.6. The lowest BCUT2D eigenvalue weighted by atomic mass is 10.1. The van der Waals surface area contributed by atoms with Gasteiger partial charge in [0.15, 0.2) is 0 Å². The van der Waals surface area contributed by atoms with Crippen LogP contribution in [0.25, 0.3) is 0 Å². The van der Waals surface area contributed by atoms with E-state index in [2.05, 4.69) is 19.2 Å². The summed E-state index contributed by atoms with van der Waals surface area (Å²) in [6.45, 7) is 7.20. The topological polar surface area (TPSA) is 62.5 Å². The zero-order chi connectivity index (χ0) is 12.1. The number of carboxylic acids is 1. The van der Waals surface area contributed by atoms with Crippen LogP contribution in [0.3, 0.4) is 0 Å². The Hall–Kier alpha value is -1.29. The van der Waals surface area contributed by atoms with E-state index in [-0.39, 0.29) is 11.8 Å². The van der Waals surface area contributed by atoms with Crippen LogP contribution in [-0.4, -0.2) is 17.6 Å². The highest BCUT2D eigenvalue weighted by Crippen LogP contribution is 2.16. The quantitative estimate of drug-likeness (QED) is 0.781. The molecule has 16 heavy (non-hydrogen) atoms. The minimum Gasteiger partial charge on any atom is -0.475 e. The third-order valence-corrected chi connectivity index (χ3v) is 2.44. The van der Waals surface area contributed by atoms with Crippen LogP contribution in [0.4, 0.5) is 0 Å². The van der Waals surface area contributed by atoms with Crippen molar-refractivity contribution in [1.29, 1.82) is 0 Å². The van der Waals surface area contributed by atoms with Crippen molar-refractivity contribution in [2.45, 2.75) is 33.2 Å². The van der Waals surface area contributed by atoms with Gasteiger partial charge in [-0.15, -0.1) is 0 Å². The highest BCUT2D eigenvalue weighted by atomic mass is 16.4. The Morgan fingerprint density at radius 1 is 1.44 bits per heavy atom. The van der Waals surface area contributed by atoms with Gasteiger partial charge in [0.2, 0.25) is 5.76 Å². The standard InChI is InChI=1S/C12H19NO3/c1-8(2)6-7-13-9(3)10-4-5-11(16-10)12(14)15/h4-5,8-9,13H,6-7H2,1-3H3,(H,14,15). The molecule has 2 N–H and O–H groups in total. The largest absolute Gasteiger partial charge is 0.475 e. The molecule has 0 aliphatic carbocycles. The number of carboxylic acid groups (broad SMARTS) is 1. The first-order valence-electron chi connectivity index (χ1n) is 5.57. The lowest BCUT2D eigenvalue weighted by Gasteiger charge is -2.12. The first-order chi connectivity index (χ1) is 7.50. The third kappa shape index (κ3) is 3.70. The molecule has 0 aliphatic heterocycles. The van der Waals surface area contributed by atoms with Crippen LogP contribution >= 0.6 is 0 Å². The maximum absolute atomic E-state index is 10.6. The fourth-order valence-electron chi connectivity index (χ4n) is 1.39. The third-order valence-electron chi connectivity index (χ3n) is 2.44.